The van der Waals surface area contributed by atoms with Gasteiger partial charge in [0.2, 0.25) is 0 Å². The summed E-state index contributed by atoms with van der Waals surface area (Å²) in [5.41, 5.74) is 0.985. The van der Waals surface area contributed by atoms with Crippen LogP contribution in [0.25, 0.3) is 0 Å². The van der Waals surface area contributed by atoms with Crippen LogP contribution in [-0.4, -0.2) is 35.6 Å². The second-order valence-corrected chi connectivity index (χ2v) is 7.78. The lowest BCUT2D eigenvalue weighted by Gasteiger charge is -2.50. The molecular weight excluding hydrogens is 196 g/mol. The van der Waals surface area contributed by atoms with Gasteiger partial charge in [-0.25, -0.2) is 0 Å². The SMILES string of the molecule is CC(C)(C)CCN1CC(C)(C)NCC1(C)C. The first-order valence-corrected chi connectivity index (χ1v) is 6.52. The molecular formula is C14H30N2. The van der Waals surface area contributed by atoms with Crippen LogP contribution in [0.2, 0.25) is 0 Å². The molecule has 16 heavy (non-hydrogen) atoms. The third-order valence-corrected chi connectivity index (χ3v) is 3.57. The lowest BCUT2D eigenvalue weighted by atomic mass is 9.88. The summed E-state index contributed by atoms with van der Waals surface area (Å²) in [4.78, 5) is 2.65. The highest BCUT2D eigenvalue weighted by molar-refractivity contribution is 4.97. The maximum absolute atomic E-state index is 3.63. The average Bonchev–Trinajstić information content (AvgIpc) is 2.06. The van der Waals surface area contributed by atoms with Crippen LogP contribution < -0.4 is 5.32 Å². The molecule has 1 saturated heterocycles. The summed E-state index contributed by atoms with van der Waals surface area (Å²) < 4.78 is 0. The Kier molecular flexibility index (Phi) is 3.76. The molecule has 0 aromatic heterocycles. The molecule has 96 valence electrons. The summed E-state index contributed by atoms with van der Waals surface area (Å²) in [7, 11) is 0. The summed E-state index contributed by atoms with van der Waals surface area (Å²) in [5, 5.41) is 3.63. The number of piperazine rings is 1. The Morgan fingerprint density at radius 2 is 1.69 bits per heavy atom. The van der Waals surface area contributed by atoms with E-state index in [1.54, 1.807) is 0 Å². The summed E-state index contributed by atoms with van der Waals surface area (Å²) in [6.07, 6.45) is 1.27. The van der Waals surface area contributed by atoms with E-state index in [0.717, 1.165) is 13.1 Å². The third-order valence-electron chi connectivity index (χ3n) is 3.57. The molecule has 1 N–H and O–H groups in total. The number of nitrogens with zero attached hydrogens (tertiary/aromatic N) is 1. The van der Waals surface area contributed by atoms with Crippen molar-refractivity contribution in [3.8, 4) is 0 Å². The second-order valence-electron chi connectivity index (χ2n) is 7.78. The summed E-state index contributed by atoms with van der Waals surface area (Å²) in [6, 6.07) is 0. The van der Waals surface area contributed by atoms with Crippen LogP contribution in [-0.2, 0) is 0 Å². The van der Waals surface area contributed by atoms with Crippen LogP contribution in [0.4, 0.5) is 0 Å². The van der Waals surface area contributed by atoms with E-state index in [0.29, 0.717) is 11.0 Å². The van der Waals surface area contributed by atoms with E-state index in [1.807, 2.05) is 0 Å². The highest BCUT2D eigenvalue weighted by Gasteiger charge is 2.37. The molecule has 0 unspecified atom stereocenters. The zero-order chi connectivity index (χ0) is 12.6. The van der Waals surface area contributed by atoms with E-state index in [2.05, 4.69) is 58.7 Å². The molecule has 1 fully saturated rings. The molecule has 0 bridgehead atoms. The molecule has 0 radical (unpaired) electrons. The Bertz CT molecular complexity index is 236. The highest BCUT2D eigenvalue weighted by Crippen LogP contribution is 2.26. The van der Waals surface area contributed by atoms with Gasteiger partial charge in [0.05, 0.1) is 0 Å². The molecule has 0 spiro atoms. The highest BCUT2D eigenvalue weighted by atomic mass is 15.3. The molecule has 1 heterocycles. The van der Waals surface area contributed by atoms with E-state index in [1.165, 1.54) is 13.0 Å². The first-order chi connectivity index (χ1) is 7.02. The monoisotopic (exact) mass is 226 g/mol. The van der Waals surface area contributed by atoms with Crippen molar-refractivity contribution in [1.29, 1.82) is 0 Å². The molecule has 0 aromatic rings. The molecule has 0 aliphatic carbocycles. The molecule has 0 amide bonds. The van der Waals surface area contributed by atoms with Crippen LogP contribution in [0, 0.1) is 5.41 Å². The number of rotatable bonds is 2. The van der Waals surface area contributed by atoms with Crippen molar-refractivity contribution in [2.24, 2.45) is 5.41 Å². The lowest BCUT2D eigenvalue weighted by Crippen LogP contribution is -2.66. The minimum absolute atomic E-state index is 0.257. The quantitative estimate of drug-likeness (QED) is 0.779. The smallest absolute Gasteiger partial charge is 0.0278 e. The molecule has 2 heteroatoms. The third kappa shape index (κ3) is 4.06. The van der Waals surface area contributed by atoms with Crippen molar-refractivity contribution >= 4 is 0 Å². The normalized spacial score (nSPS) is 25.7. The number of hydrogen-bond donors (Lipinski definition) is 1. The van der Waals surface area contributed by atoms with Gasteiger partial charge in [-0.2, -0.15) is 0 Å². The van der Waals surface area contributed by atoms with Gasteiger partial charge in [0.1, 0.15) is 0 Å². The first-order valence-electron chi connectivity index (χ1n) is 6.52. The van der Waals surface area contributed by atoms with E-state index < -0.39 is 0 Å². The van der Waals surface area contributed by atoms with E-state index in [-0.39, 0.29) is 5.54 Å². The van der Waals surface area contributed by atoms with Crippen molar-refractivity contribution in [2.75, 3.05) is 19.6 Å². The van der Waals surface area contributed by atoms with Crippen molar-refractivity contribution in [3.63, 3.8) is 0 Å². The van der Waals surface area contributed by atoms with Crippen molar-refractivity contribution in [3.05, 3.63) is 0 Å². The molecule has 2 nitrogen and oxygen atoms in total. The fourth-order valence-electron chi connectivity index (χ4n) is 2.17. The molecule has 1 aliphatic heterocycles. The Morgan fingerprint density at radius 3 is 2.19 bits per heavy atom. The zero-order valence-electron chi connectivity index (χ0n) is 12.3. The van der Waals surface area contributed by atoms with E-state index >= 15 is 0 Å². The Hall–Kier alpha value is -0.0800. The van der Waals surface area contributed by atoms with Gasteiger partial charge in [-0.1, -0.05) is 20.8 Å². The minimum Gasteiger partial charge on any atom is -0.309 e. The van der Waals surface area contributed by atoms with Crippen LogP contribution in [0.3, 0.4) is 0 Å². The van der Waals surface area contributed by atoms with Crippen LogP contribution >= 0.6 is 0 Å². The predicted molar refractivity (Wildman–Crippen MR) is 71.8 cm³/mol. The Balaban J connectivity index is 2.60. The van der Waals surface area contributed by atoms with Gasteiger partial charge < -0.3 is 5.32 Å². The Morgan fingerprint density at radius 1 is 1.12 bits per heavy atom. The van der Waals surface area contributed by atoms with E-state index in [4.69, 9.17) is 0 Å². The fraction of sp³-hybridized carbons (Fsp3) is 1.00. The van der Waals surface area contributed by atoms with Gasteiger partial charge in [-0.3, -0.25) is 4.90 Å². The zero-order valence-corrected chi connectivity index (χ0v) is 12.3. The van der Waals surface area contributed by atoms with Gasteiger partial charge in [-0.15, -0.1) is 0 Å². The molecule has 0 saturated carbocycles. The predicted octanol–water partition coefficient (Wildman–Crippen LogP) is 2.89. The molecule has 1 rings (SSSR count). The van der Waals surface area contributed by atoms with Gasteiger partial charge in [0.15, 0.2) is 0 Å². The van der Waals surface area contributed by atoms with Gasteiger partial charge in [0, 0.05) is 24.2 Å². The lowest BCUT2D eigenvalue weighted by molar-refractivity contribution is 0.0311. The van der Waals surface area contributed by atoms with Crippen molar-refractivity contribution < 1.29 is 0 Å². The molecule has 0 atom stereocenters. The first kappa shape index (κ1) is 14.0. The van der Waals surface area contributed by atoms with Crippen LogP contribution in [0.15, 0.2) is 0 Å². The second kappa shape index (κ2) is 4.30. The fourth-order valence-corrected chi connectivity index (χ4v) is 2.17. The number of hydrogen-bond acceptors (Lipinski definition) is 2. The van der Waals surface area contributed by atoms with Gasteiger partial charge >= 0.3 is 0 Å². The average molecular weight is 226 g/mol. The molecule has 1 aliphatic rings. The van der Waals surface area contributed by atoms with Crippen molar-refractivity contribution in [2.45, 2.75) is 66.0 Å². The van der Waals surface area contributed by atoms with E-state index in [9.17, 15) is 0 Å². The van der Waals surface area contributed by atoms with Crippen LogP contribution in [0.1, 0.15) is 54.9 Å². The minimum atomic E-state index is 0.257. The molecule has 0 aromatic carbocycles. The van der Waals surface area contributed by atoms with Crippen molar-refractivity contribution in [1.82, 2.24) is 10.2 Å². The van der Waals surface area contributed by atoms with Gasteiger partial charge in [-0.05, 0) is 46.1 Å². The standard InChI is InChI=1S/C14H30N2/c1-12(2,3)8-9-16-11-13(4,5)15-10-14(16,6)7/h15H,8-11H2,1-7H3. The topological polar surface area (TPSA) is 15.3 Å². The Labute approximate surface area is 102 Å². The summed E-state index contributed by atoms with van der Waals surface area (Å²) in [5.74, 6) is 0. The number of nitrogens with one attached hydrogen (secondary N) is 1. The summed E-state index contributed by atoms with van der Waals surface area (Å²) >= 11 is 0. The maximum atomic E-state index is 3.63. The van der Waals surface area contributed by atoms with Gasteiger partial charge in [0.25, 0.3) is 0 Å². The maximum Gasteiger partial charge on any atom is 0.0278 e. The largest absolute Gasteiger partial charge is 0.309 e. The van der Waals surface area contributed by atoms with Crippen LogP contribution in [0.5, 0.6) is 0 Å². The summed E-state index contributed by atoms with van der Waals surface area (Å²) in [6.45, 7) is 19.7.